The van der Waals surface area contributed by atoms with Crippen LogP contribution in [0.1, 0.15) is 0 Å². The number of phosphoric acid groups is 1. The summed E-state index contributed by atoms with van der Waals surface area (Å²) in [6, 6.07) is -0.708. The minimum atomic E-state index is -4.63. The third kappa shape index (κ3) is 4.17. The van der Waals surface area contributed by atoms with Crippen LogP contribution < -0.4 is 0 Å². The molecule has 3 atom stereocenters. The summed E-state index contributed by atoms with van der Waals surface area (Å²) in [5, 5.41) is 18.7. The molecule has 8 nitrogen and oxygen atoms in total. The van der Waals surface area contributed by atoms with E-state index in [1.807, 2.05) is 0 Å². The number of aliphatic imine (C=N–C) groups is 2. The quantitative estimate of drug-likeness (QED) is 0.422. The van der Waals surface area contributed by atoms with Gasteiger partial charge in [0.15, 0.2) is 0 Å². The minimum Gasteiger partial charge on any atom is -0.388 e. The van der Waals surface area contributed by atoms with Gasteiger partial charge in [-0.1, -0.05) is 0 Å². The van der Waals surface area contributed by atoms with E-state index in [2.05, 4.69) is 14.5 Å². The molecule has 0 amide bonds. The van der Waals surface area contributed by atoms with Crippen LogP contribution in [-0.2, 0) is 9.09 Å². The van der Waals surface area contributed by atoms with Crippen molar-refractivity contribution >= 4 is 20.4 Å². The maximum Gasteiger partial charge on any atom is 0.469 e. The molecule has 0 unspecified atom stereocenters. The van der Waals surface area contributed by atoms with Gasteiger partial charge < -0.3 is 20.0 Å². The third-order valence-electron chi connectivity index (χ3n) is 1.70. The predicted octanol–water partition coefficient (Wildman–Crippen LogP) is -1.70. The maximum atomic E-state index is 10.3. The fourth-order valence-electron chi connectivity index (χ4n) is 0.957. The summed E-state index contributed by atoms with van der Waals surface area (Å²) >= 11 is 0. The molecule has 0 saturated carbocycles. The Hall–Kier alpha value is -0.630. The second-order valence-electron chi connectivity index (χ2n) is 2.90. The van der Waals surface area contributed by atoms with Gasteiger partial charge in [0.2, 0.25) is 0 Å². The SMILES string of the molecule is O=P(O)(O)OC[C@H](O)[C@H](O)[C@@H]1C=NC=N1. The van der Waals surface area contributed by atoms with Crippen molar-refractivity contribution in [2.24, 2.45) is 9.98 Å². The highest BCUT2D eigenvalue weighted by Gasteiger charge is 2.28. The van der Waals surface area contributed by atoms with E-state index in [0.717, 1.165) is 0 Å². The van der Waals surface area contributed by atoms with Crippen LogP contribution in [0.25, 0.3) is 0 Å². The molecule has 9 heteroatoms. The fraction of sp³-hybridized carbons (Fsp3) is 0.667. The lowest BCUT2D eigenvalue weighted by Gasteiger charge is -2.19. The number of hydrogen-bond acceptors (Lipinski definition) is 6. The van der Waals surface area contributed by atoms with Crippen LogP contribution >= 0.6 is 7.82 Å². The van der Waals surface area contributed by atoms with E-state index in [0.29, 0.717) is 0 Å². The van der Waals surface area contributed by atoms with Gasteiger partial charge in [-0.25, -0.2) is 9.56 Å². The van der Waals surface area contributed by atoms with Gasteiger partial charge in [-0.05, 0) is 0 Å². The molecule has 1 heterocycles. The molecule has 0 aromatic carbocycles. The Kier molecular flexibility index (Phi) is 4.09. The van der Waals surface area contributed by atoms with Gasteiger partial charge in [0.05, 0.1) is 6.61 Å². The second-order valence-corrected chi connectivity index (χ2v) is 4.14. The van der Waals surface area contributed by atoms with Gasteiger partial charge in [-0.2, -0.15) is 0 Å². The predicted molar refractivity (Wildman–Crippen MR) is 50.8 cm³/mol. The first-order valence-electron chi connectivity index (χ1n) is 4.01. The zero-order valence-corrected chi connectivity index (χ0v) is 8.44. The van der Waals surface area contributed by atoms with E-state index in [1.54, 1.807) is 0 Å². The van der Waals surface area contributed by atoms with E-state index < -0.39 is 32.7 Å². The molecule has 15 heavy (non-hydrogen) atoms. The monoisotopic (exact) mass is 238 g/mol. The lowest BCUT2D eigenvalue weighted by atomic mass is 10.1. The van der Waals surface area contributed by atoms with Crippen molar-refractivity contribution in [2.75, 3.05) is 6.61 Å². The molecular weight excluding hydrogens is 227 g/mol. The molecule has 0 aliphatic carbocycles. The molecule has 1 rings (SSSR count). The number of nitrogens with zero attached hydrogens (tertiary/aromatic N) is 2. The first-order chi connectivity index (χ1) is 6.90. The standard InChI is InChI=1S/C6H11N2O6P/c9-5(2-14-15(11,12)13)6(10)4-1-7-3-8-4/h1,3-6,9-10H,2H2,(H2,11,12,13)/t4-,5-,6+/m0/s1. The highest BCUT2D eigenvalue weighted by atomic mass is 31.2. The lowest BCUT2D eigenvalue weighted by Crippen LogP contribution is -2.39. The summed E-state index contributed by atoms with van der Waals surface area (Å²) in [4.78, 5) is 24.0. The first kappa shape index (κ1) is 12.4. The number of phosphoric ester groups is 1. The highest BCUT2D eigenvalue weighted by Crippen LogP contribution is 2.35. The Morgan fingerprint density at radius 1 is 1.47 bits per heavy atom. The zero-order valence-electron chi connectivity index (χ0n) is 7.54. The van der Waals surface area contributed by atoms with Crippen LogP contribution in [0.3, 0.4) is 0 Å². The van der Waals surface area contributed by atoms with Gasteiger partial charge in [0.25, 0.3) is 0 Å². The maximum absolute atomic E-state index is 10.3. The second kappa shape index (κ2) is 4.93. The topological polar surface area (TPSA) is 132 Å². The molecule has 0 fully saturated rings. The average molecular weight is 238 g/mol. The Morgan fingerprint density at radius 2 is 2.13 bits per heavy atom. The molecule has 0 spiro atoms. The number of aliphatic hydroxyl groups is 2. The van der Waals surface area contributed by atoms with E-state index >= 15 is 0 Å². The highest BCUT2D eigenvalue weighted by molar-refractivity contribution is 7.46. The molecule has 1 aliphatic rings. The molecule has 0 aromatic heterocycles. The van der Waals surface area contributed by atoms with Gasteiger partial charge in [0.1, 0.15) is 24.6 Å². The van der Waals surface area contributed by atoms with Crippen LogP contribution in [0.4, 0.5) is 0 Å². The third-order valence-corrected chi connectivity index (χ3v) is 2.19. The van der Waals surface area contributed by atoms with Crippen LogP contribution in [0, 0.1) is 0 Å². The van der Waals surface area contributed by atoms with Gasteiger partial charge >= 0.3 is 7.82 Å². The van der Waals surface area contributed by atoms with Crippen molar-refractivity contribution < 1.29 is 29.1 Å². The summed E-state index contributed by atoms with van der Waals surface area (Å²) in [6.07, 6.45) is -0.223. The average Bonchev–Trinajstić information content (AvgIpc) is 2.64. The van der Waals surface area contributed by atoms with Gasteiger partial charge in [-0.3, -0.25) is 9.52 Å². The van der Waals surface area contributed by atoms with Crippen LogP contribution in [0.5, 0.6) is 0 Å². The smallest absolute Gasteiger partial charge is 0.388 e. The molecule has 86 valence electrons. The minimum absolute atomic E-state index is 0.675. The van der Waals surface area contributed by atoms with E-state index in [9.17, 15) is 14.8 Å². The Labute approximate surface area is 85.2 Å². The molecule has 4 N–H and O–H groups in total. The van der Waals surface area contributed by atoms with E-state index in [4.69, 9.17) is 9.79 Å². The molecule has 0 saturated heterocycles. The molecule has 0 radical (unpaired) electrons. The van der Waals surface area contributed by atoms with E-state index in [1.165, 1.54) is 12.6 Å². The summed E-state index contributed by atoms with van der Waals surface area (Å²) in [7, 11) is -4.63. The Bertz CT molecular complexity index is 301. The summed E-state index contributed by atoms with van der Waals surface area (Å²) in [5.41, 5.74) is 0. The van der Waals surface area contributed by atoms with Crippen molar-refractivity contribution in [1.82, 2.24) is 0 Å². The van der Waals surface area contributed by atoms with Crippen LogP contribution in [0.2, 0.25) is 0 Å². The van der Waals surface area contributed by atoms with Crippen molar-refractivity contribution in [3.05, 3.63) is 0 Å². The Morgan fingerprint density at radius 3 is 2.60 bits per heavy atom. The van der Waals surface area contributed by atoms with Gasteiger partial charge in [-0.15, -0.1) is 0 Å². The van der Waals surface area contributed by atoms with Crippen LogP contribution in [-0.4, -0.2) is 57.4 Å². The van der Waals surface area contributed by atoms with Crippen molar-refractivity contribution in [2.45, 2.75) is 18.2 Å². The fourth-order valence-corrected chi connectivity index (χ4v) is 1.30. The first-order valence-corrected chi connectivity index (χ1v) is 5.54. The summed E-state index contributed by atoms with van der Waals surface area (Å²) in [5.74, 6) is 0. The largest absolute Gasteiger partial charge is 0.469 e. The summed E-state index contributed by atoms with van der Waals surface area (Å²) < 4.78 is 14.3. The normalized spacial score (nSPS) is 24.4. The van der Waals surface area contributed by atoms with Crippen LogP contribution in [0.15, 0.2) is 9.98 Å². The summed E-state index contributed by atoms with van der Waals surface area (Å²) in [6.45, 7) is -0.675. The number of hydrogen-bond donors (Lipinski definition) is 4. The van der Waals surface area contributed by atoms with Crippen molar-refractivity contribution in [3.63, 3.8) is 0 Å². The van der Waals surface area contributed by atoms with Gasteiger partial charge in [0, 0.05) is 6.21 Å². The molecule has 1 aliphatic heterocycles. The molecule has 0 aromatic rings. The van der Waals surface area contributed by atoms with E-state index in [-0.39, 0.29) is 0 Å². The number of rotatable bonds is 5. The molecule has 0 bridgehead atoms. The lowest BCUT2D eigenvalue weighted by molar-refractivity contribution is -0.0150. The van der Waals surface area contributed by atoms with Crippen molar-refractivity contribution in [3.8, 4) is 0 Å². The Balaban J connectivity index is 2.39. The molecular formula is C6H11N2O6P. The zero-order chi connectivity index (χ0) is 11.5. The number of aliphatic hydroxyl groups excluding tert-OH is 2. The van der Waals surface area contributed by atoms with Crippen molar-refractivity contribution in [1.29, 1.82) is 0 Å².